The topological polar surface area (TPSA) is 41.1 Å². The number of hydrogen-bond acceptors (Lipinski definition) is 2. The predicted octanol–water partition coefficient (Wildman–Crippen LogP) is 4.21. The summed E-state index contributed by atoms with van der Waals surface area (Å²) in [5.41, 5.74) is 4.18. The molecule has 0 aliphatic rings. The molecule has 4 heteroatoms. The van der Waals surface area contributed by atoms with Crippen molar-refractivity contribution in [2.45, 2.75) is 20.3 Å². The van der Waals surface area contributed by atoms with E-state index in [1.807, 2.05) is 37.3 Å². The summed E-state index contributed by atoms with van der Waals surface area (Å²) in [7, 11) is 0. The van der Waals surface area contributed by atoms with Gasteiger partial charge in [-0.3, -0.25) is 4.79 Å². The third kappa shape index (κ3) is 4.46. The smallest absolute Gasteiger partial charge is 0.243 e. The van der Waals surface area contributed by atoms with E-state index in [0.29, 0.717) is 0 Å². The van der Waals surface area contributed by atoms with Gasteiger partial charge in [0, 0.05) is 14.9 Å². The molecular weight excluding hydrogens is 375 g/mol. The number of amides is 1. The van der Waals surface area contributed by atoms with Crippen LogP contribution in [0.1, 0.15) is 18.1 Å². The normalized spacial score (nSPS) is 10.2. The van der Waals surface area contributed by atoms with Crippen molar-refractivity contribution < 1.29 is 4.79 Å². The highest BCUT2D eigenvalue weighted by atomic mass is 127. The molecular formula is C17H19IN2O. The van der Waals surface area contributed by atoms with Gasteiger partial charge in [0.25, 0.3) is 0 Å². The average molecular weight is 394 g/mol. The number of hydrogen-bond donors (Lipinski definition) is 2. The molecule has 0 atom stereocenters. The number of benzene rings is 2. The summed E-state index contributed by atoms with van der Waals surface area (Å²) in [6.45, 7) is 4.37. The van der Waals surface area contributed by atoms with Gasteiger partial charge < -0.3 is 10.6 Å². The van der Waals surface area contributed by atoms with Crippen molar-refractivity contribution in [2.24, 2.45) is 0 Å². The maximum Gasteiger partial charge on any atom is 0.243 e. The van der Waals surface area contributed by atoms with Gasteiger partial charge in [-0.2, -0.15) is 0 Å². The van der Waals surface area contributed by atoms with E-state index in [1.54, 1.807) is 0 Å². The molecule has 0 fully saturated rings. The summed E-state index contributed by atoms with van der Waals surface area (Å²) < 4.78 is 1.16. The molecule has 0 aromatic heterocycles. The number of carbonyl (C=O) groups excluding carboxylic acids is 1. The fourth-order valence-electron chi connectivity index (χ4n) is 2.14. The summed E-state index contributed by atoms with van der Waals surface area (Å²) >= 11 is 2.26. The van der Waals surface area contributed by atoms with Crippen LogP contribution in [-0.2, 0) is 11.2 Å². The van der Waals surface area contributed by atoms with Gasteiger partial charge in [-0.15, -0.1) is 0 Å². The van der Waals surface area contributed by atoms with Crippen LogP contribution in [0.4, 0.5) is 11.4 Å². The van der Waals surface area contributed by atoms with Crippen LogP contribution < -0.4 is 10.6 Å². The highest BCUT2D eigenvalue weighted by molar-refractivity contribution is 14.1. The Morgan fingerprint density at radius 1 is 1.14 bits per heavy atom. The van der Waals surface area contributed by atoms with Crippen LogP contribution in [0.5, 0.6) is 0 Å². The molecule has 0 aliphatic heterocycles. The summed E-state index contributed by atoms with van der Waals surface area (Å²) in [4.78, 5) is 12.0. The fraction of sp³-hybridized carbons (Fsp3) is 0.235. The van der Waals surface area contributed by atoms with Crippen molar-refractivity contribution in [3.63, 3.8) is 0 Å². The van der Waals surface area contributed by atoms with Crippen LogP contribution in [-0.4, -0.2) is 12.5 Å². The molecule has 0 saturated carbocycles. The van der Waals surface area contributed by atoms with Gasteiger partial charge in [0.05, 0.1) is 6.54 Å². The van der Waals surface area contributed by atoms with E-state index < -0.39 is 0 Å². The Morgan fingerprint density at radius 2 is 1.90 bits per heavy atom. The zero-order chi connectivity index (χ0) is 15.2. The molecule has 0 bridgehead atoms. The van der Waals surface area contributed by atoms with Gasteiger partial charge in [-0.25, -0.2) is 0 Å². The number of rotatable bonds is 5. The highest BCUT2D eigenvalue weighted by Gasteiger charge is 2.06. The van der Waals surface area contributed by atoms with E-state index >= 15 is 0 Å². The van der Waals surface area contributed by atoms with Gasteiger partial charge in [0.1, 0.15) is 0 Å². The first kappa shape index (κ1) is 15.8. The van der Waals surface area contributed by atoms with Crippen LogP contribution in [0.2, 0.25) is 0 Å². The van der Waals surface area contributed by atoms with Gasteiger partial charge >= 0.3 is 0 Å². The second-order valence-corrected chi connectivity index (χ2v) is 6.12. The first-order valence-corrected chi connectivity index (χ1v) is 8.06. The van der Waals surface area contributed by atoms with Crippen LogP contribution in [0.3, 0.4) is 0 Å². The SMILES string of the molecule is CCc1ccccc1NCC(=O)Nc1ccc(I)cc1C. The molecule has 2 N–H and O–H groups in total. The van der Waals surface area contributed by atoms with Crippen molar-refractivity contribution >= 4 is 39.9 Å². The Bertz CT molecular complexity index is 640. The highest BCUT2D eigenvalue weighted by Crippen LogP contribution is 2.18. The third-order valence-corrected chi connectivity index (χ3v) is 3.97. The third-order valence-electron chi connectivity index (χ3n) is 3.30. The van der Waals surface area contributed by atoms with E-state index in [0.717, 1.165) is 26.9 Å². The lowest BCUT2D eigenvalue weighted by atomic mass is 10.1. The van der Waals surface area contributed by atoms with Crippen molar-refractivity contribution in [1.29, 1.82) is 0 Å². The Labute approximate surface area is 139 Å². The van der Waals surface area contributed by atoms with Crippen LogP contribution >= 0.6 is 22.6 Å². The van der Waals surface area contributed by atoms with E-state index in [1.165, 1.54) is 5.56 Å². The molecule has 0 spiro atoms. The minimum atomic E-state index is -0.0368. The molecule has 110 valence electrons. The maximum absolute atomic E-state index is 12.0. The summed E-state index contributed by atoms with van der Waals surface area (Å²) in [5, 5.41) is 6.14. The Hall–Kier alpha value is -1.56. The summed E-state index contributed by atoms with van der Waals surface area (Å²) in [5.74, 6) is -0.0368. The molecule has 1 amide bonds. The monoisotopic (exact) mass is 394 g/mol. The zero-order valence-corrected chi connectivity index (χ0v) is 14.4. The molecule has 0 saturated heterocycles. The Balaban J connectivity index is 1.96. The van der Waals surface area contributed by atoms with Gasteiger partial charge in [-0.1, -0.05) is 25.1 Å². The predicted molar refractivity (Wildman–Crippen MR) is 96.8 cm³/mol. The summed E-state index contributed by atoms with van der Waals surface area (Å²) in [6, 6.07) is 14.0. The maximum atomic E-state index is 12.0. The molecule has 2 aromatic rings. The van der Waals surface area contributed by atoms with Crippen LogP contribution in [0.15, 0.2) is 42.5 Å². The number of aryl methyl sites for hydroxylation is 2. The minimum Gasteiger partial charge on any atom is -0.376 e. The van der Waals surface area contributed by atoms with E-state index in [9.17, 15) is 4.79 Å². The Morgan fingerprint density at radius 3 is 2.62 bits per heavy atom. The number of nitrogens with one attached hydrogen (secondary N) is 2. The molecule has 0 heterocycles. The van der Waals surface area contributed by atoms with Crippen LogP contribution in [0.25, 0.3) is 0 Å². The van der Waals surface area contributed by atoms with E-state index in [2.05, 4.69) is 52.3 Å². The van der Waals surface area contributed by atoms with E-state index in [-0.39, 0.29) is 12.5 Å². The second kappa shape index (κ2) is 7.45. The lowest BCUT2D eigenvalue weighted by molar-refractivity contribution is -0.114. The Kier molecular flexibility index (Phi) is 5.61. The summed E-state index contributed by atoms with van der Waals surface area (Å²) in [6.07, 6.45) is 0.945. The lowest BCUT2D eigenvalue weighted by Gasteiger charge is -2.12. The lowest BCUT2D eigenvalue weighted by Crippen LogP contribution is -2.22. The number of halogens is 1. The molecule has 2 aromatic carbocycles. The second-order valence-electron chi connectivity index (χ2n) is 4.87. The van der Waals surface area contributed by atoms with Crippen molar-refractivity contribution in [3.05, 3.63) is 57.2 Å². The minimum absolute atomic E-state index is 0.0368. The zero-order valence-electron chi connectivity index (χ0n) is 12.2. The standard InChI is InChI=1S/C17H19IN2O/c1-3-13-6-4-5-7-16(13)19-11-17(21)20-15-9-8-14(18)10-12(15)2/h4-10,19H,3,11H2,1-2H3,(H,20,21). The number of carbonyl (C=O) groups is 1. The molecule has 21 heavy (non-hydrogen) atoms. The molecule has 0 unspecified atom stereocenters. The number of anilines is 2. The van der Waals surface area contributed by atoms with Crippen molar-refractivity contribution in [1.82, 2.24) is 0 Å². The molecule has 0 aliphatic carbocycles. The fourth-order valence-corrected chi connectivity index (χ4v) is 2.79. The van der Waals surface area contributed by atoms with E-state index in [4.69, 9.17) is 0 Å². The van der Waals surface area contributed by atoms with Gasteiger partial charge in [0.15, 0.2) is 0 Å². The van der Waals surface area contributed by atoms with Crippen molar-refractivity contribution in [2.75, 3.05) is 17.2 Å². The van der Waals surface area contributed by atoms with Crippen LogP contribution in [0, 0.1) is 10.5 Å². The largest absolute Gasteiger partial charge is 0.376 e. The molecule has 3 nitrogen and oxygen atoms in total. The average Bonchev–Trinajstić information content (AvgIpc) is 2.48. The quantitative estimate of drug-likeness (QED) is 0.746. The van der Waals surface area contributed by atoms with Crippen molar-refractivity contribution in [3.8, 4) is 0 Å². The number of para-hydroxylation sites is 1. The first-order chi connectivity index (χ1) is 10.1. The first-order valence-electron chi connectivity index (χ1n) is 6.98. The molecule has 0 radical (unpaired) electrons. The molecule has 2 rings (SSSR count). The van der Waals surface area contributed by atoms with Gasteiger partial charge in [-0.05, 0) is 71.3 Å². The van der Waals surface area contributed by atoms with Gasteiger partial charge in [0.2, 0.25) is 5.91 Å².